The zero-order chi connectivity index (χ0) is 30.3. The van der Waals surface area contributed by atoms with Gasteiger partial charge in [-0.1, -0.05) is 50.3 Å². The molecule has 0 aliphatic carbocycles. The second-order valence-corrected chi connectivity index (χ2v) is 9.56. The number of guanidine groups is 1. The molecule has 0 amide bonds. The Morgan fingerprint density at radius 1 is 0.854 bits per heavy atom. The molecule has 0 atom stereocenters. The van der Waals surface area contributed by atoms with E-state index in [2.05, 4.69) is 30.3 Å². The van der Waals surface area contributed by atoms with Gasteiger partial charge < -0.3 is 14.8 Å². The minimum Gasteiger partial charge on any atom is -0.428 e. The summed E-state index contributed by atoms with van der Waals surface area (Å²) in [5, 5.41) is 7.39. The first-order valence-corrected chi connectivity index (χ1v) is 12.0. The van der Waals surface area contributed by atoms with E-state index in [1.54, 1.807) is 24.3 Å². The van der Waals surface area contributed by atoms with Gasteiger partial charge in [0, 0.05) is 18.5 Å². The highest BCUT2D eigenvalue weighted by Gasteiger charge is 2.44. The Kier molecular flexibility index (Phi) is 10.00. The first kappa shape index (κ1) is 31.4. The molecular weight excluding hydrogens is 564 g/mol. The van der Waals surface area contributed by atoms with E-state index in [0.29, 0.717) is 35.9 Å². The Balaban J connectivity index is 1.76. The van der Waals surface area contributed by atoms with Crippen LogP contribution in [0.25, 0.3) is 12.2 Å². The second kappa shape index (κ2) is 13.0. The predicted molar refractivity (Wildman–Crippen MR) is 139 cm³/mol. The van der Waals surface area contributed by atoms with Gasteiger partial charge in [-0.15, -0.1) is 0 Å². The maximum absolute atomic E-state index is 13.1. The Morgan fingerprint density at radius 3 is 1.66 bits per heavy atom. The summed E-state index contributed by atoms with van der Waals surface area (Å²) in [5.41, 5.74) is 4.08. The molecule has 0 saturated heterocycles. The van der Waals surface area contributed by atoms with E-state index in [4.69, 9.17) is 0 Å². The molecule has 0 bridgehead atoms. The van der Waals surface area contributed by atoms with Crippen molar-refractivity contribution < 1.29 is 44.6 Å². The fourth-order valence-corrected chi connectivity index (χ4v) is 3.11. The zero-order valence-electron chi connectivity index (χ0n) is 21.7. The van der Waals surface area contributed by atoms with Crippen molar-refractivity contribution in [1.82, 2.24) is 10.7 Å². The summed E-state index contributed by atoms with van der Waals surface area (Å²) in [7, 11) is 0. The van der Waals surface area contributed by atoms with Crippen LogP contribution < -0.4 is 20.2 Å². The normalized spacial score (nSPS) is 15.7. The van der Waals surface area contributed by atoms with E-state index < -0.39 is 36.6 Å². The van der Waals surface area contributed by atoms with Crippen LogP contribution in [0.1, 0.15) is 25.0 Å². The molecule has 1 heterocycles. The summed E-state index contributed by atoms with van der Waals surface area (Å²) in [5.74, 6) is -0.483. The molecular formula is C27H26F8N4O2. The quantitative estimate of drug-likeness (QED) is 0.171. The molecule has 0 spiro atoms. The maximum atomic E-state index is 13.1. The van der Waals surface area contributed by atoms with E-state index in [1.807, 2.05) is 13.8 Å². The summed E-state index contributed by atoms with van der Waals surface area (Å²) in [6.45, 7) is 5.27. The molecule has 2 N–H and O–H groups in total. The van der Waals surface area contributed by atoms with Crippen LogP contribution in [0.3, 0.4) is 0 Å². The van der Waals surface area contributed by atoms with Crippen molar-refractivity contribution >= 4 is 23.8 Å². The van der Waals surface area contributed by atoms with Crippen LogP contribution in [0.4, 0.5) is 35.1 Å². The second-order valence-electron chi connectivity index (χ2n) is 9.56. The summed E-state index contributed by atoms with van der Waals surface area (Å²) < 4.78 is 110. The van der Waals surface area contributed by atoms with Gasteiger partial charge in [-0.3, -0.25) is 4.99 Å². The minimum atomic E-state index is -4.63. The SMILES string of the molecule is CC1(C)CN=C(NN=C(C=Cc2ccc(OC(F)(F)C(F)F)cc2)C=Cc2ccc(OC(F)(F)C(F)F)cc2)NC1. The molecule has 6 nitrogen and oxygen atoms in total. The maximum Gasteiger partial charge on any atom is 0.461 e. The van der Waals surface area contributed by atoms with Gasteiger partial charge in [-0.05, 0) is 47.5 Å². The van der Waals surface area contributed by atoms with Gasteiger partial charge in [-0.25, -0.2) is 5.43 Å². The highest BCUT2D eigenvalue weighted by Crippen LogP contribution is 2.29. The molecule has 2 aromatic rings. The van der Waals surface area contributed by atoms with Gasteiger partial charge in [0.05, 0.1) is 5.71 Å². The molecule has 2 aromatic carbocycles. The number of benzene rings is 2. The lowest BCUT2D eigenvalue weighted by atomic mass is 9.93. The third kappa shape index (κ3) is 9.80. The number of alkyl halides is 8. The van der Waals surface area contributed by atoms with Crippen molar-refractivity contribution in [2.45, 2.75) is 38.9 Å². The number of rotatable bonds is 11. The summed E-state index contributed by atoms with van der Waals surface area (Å²) in [6.07, 6.45) is -11.0. The topological polar surface area (TPSA) is 67.2 Å². The Hall–Kier alpha value is -4.10. The van der Waals surface area contributed by atoms with E-state index in [1.165, 1.54) is 24.3 Å². The van der Waals surface area contributed by atoms with Crippen LogP contribution in [0.15, 0.2) is 70.8 Å². The lowest BCUT2D eigenvalue weighted by Crippen LogP contribution is -2.46. The zero-order valence-corrected chi connectivity index (χ0v) is 21.7. The molecule has 0 unspecified atom stereocenters. The van der Waals surface area contributed by atoms with E-state index in [-0.39, 0.29) is 5.41 Å². The average Bonchev–Trinajstić information content (AvgIpc) is 2.90. The van der Waals surface area contributed by atoms with Crippen molar-refractivity contribution in [3.8, 4) is 11.5 Å². The van der Waals surface area contributed by atoms with Gasteiger partial charge in [0.1, 0.15) is 11.5 Å². The fourth-order valence-electron chi connectivity index (χ4n) is 3.11. The number of nitrogens with zero attached hydrogens (tertiary/aromatic N) is 2. The molecule has 222 valence electrons. The Morgan fingerprint density at radius 2 is 1.29 bits per heavy atom. The predicted octanol–water partition coefficient (Wildman–Crippen LogP) is 6.82. The summed E-state index contributed by atoms with van der Waals surface area (Å²) >= 11 is 0. The first-order chi connectivity index (χ1) is 19.1. The summed E-state index contributed by atoms with van der Waals surface area (Å²) in [6, 6.07) is 9.87. The minimum absolute atomic E-state index is 0.0398. The molecule has 1 aliphatic heterocycles. The van der Waals surface area contributed by atoms with Crippen molar-refractivity contribution in [1.29, 1.82) is 0 Å². The molecule has 0 aromatic heterocycles. The number of nitrogens with one attached hydrogen (secondary N) is 2. The number of aliphatic imine (C=N–C) groups is 1. The molecule has 0 saturated carbocycles. The van der Waals surface area contributed by atoms with Gasteiger partial charge in [0.2, 0.25) is 5.96 Å². The van der Waals surface area contributed by atoms with Crippen LogP contribution in [0.5, 0.6) is 11.5 Å². The third-order valence-electron chi connectivity index (χ3n) is 5.36. The van der Waals surface area contributed by atoms with E-state index >= 15 is 0 Å². The molecule has 14 heteroatoms. The number of halogens is 8. The first-order valence-electron chi connectivity index (χ1n) is 12.0. The van der Waals surface area contributed by atoms with Crippen molar-refractivity contribution in [3.63, 3.8) is 0 Å². The van der Waals surface area contributed by atoms with Crippen LogP contribution >= 0.6 is 0 Å². The Bertz CT molecular complexity index is 1200. The van der Waals surface area contributed by atoms with Crippen LogP contribution in [0, 0.1) is 5.41 Å². The molecule has 3 rings (SSSR count). The molecule has 1 aliphatic rings. The number of hydrogen-bond donors (Lipinski definition) is 2. The fraction of sp³-hybridized carbons (Fsp3) is 0.333. The lowest BCUT2D eigenvalue weighted by Gasteiger charge is -2.28. The van der Waals surface area contributed by atoms with Gasteiger partial charge >= 0.3 is 25.1 Å². The smallest absolute Gasteiger partial charge is 0.428 e. The number of allylic oxidation sites excluding steroid dienone is 2. The standard InChI is InChI=1S/C27H26F8N4O2/c1-25(2)15-36-24(37-16-25)39-38-19(9-3-17-5-11-20(12-6-17)40-26(32,33)22(28)29)10-4-18-7-13-21(14-8-18)41-27(34,35)23(30)31/h3-14,22-23H,15-16H2,1-2H3,(H2,36,37,39). The number of hydrazone groups is 1. The van der Waals surface area contributed by atoms with Crippen molar-refractivity contribution in [2.24, 2.45) is 15.5 Å². The van der Waals surface area contributed by atoms with Crippen molar-refractivity contribution in [2.75, 3.05) is 13.1 Å². The molecule has 0 radical (unpaired) electrons. The van der Waals surface area contributed by atoms with E-state index in [9.17, 15) is 35.1 Å². The van der Waals surface area contributed by atoms with Crippen LogP contribution in [-0.2, 0) is 0 Å². The molecule has 41 heavy (non-hydrogen) atoms. The Labute approximate surface area is 230 Å². The molecule has 0 fully saturated rings. The van der Waals surface area contributed by atoms with Crippen LogP contribution in [-0.4, -0.2) is 49.8 Å². The van der Waals surface area contributed by atoms with Gasteiger partial charge in [0.25, 0.3) is 0 Å². The van der Waals surface area contributed by atoms with Crippen LogP contribution in [0.2, 0.25) is 0 Å². The van der Waals surface area contributed by atoms with Gasteiger partial charge in [0.15, 0.2) is 0 Å². The highest BCUT2D eigenvalue weighted by atomic mass is 19.3. The highest BCUT2D eigenvalue weighted by molar-refractivity contribution is 6.09. The van der Waals surface area contributed by atoms with Gasteiger partial charge in [-0.2, -0.15) is 40.2 Å². The number of hydrogen-bond acceptors (Lipinski definition) is 6. The van der Waals surface area contributed by atoms with E-state index in [0.717, 1.165) is 24.3 Å². The largest absolute Gasteiger partial charge is 0.461 e. The third-order valence-corrected chi connectivity index (χ3v) is 5.36. The summed E-state index contributed by atoms with van der Waals surface area (Å²) in [4.78, 5) is 4.38. The number of ether oxygens (including phenoxy) is 2. The van der Waals surface area contributed by atoms with Crippen molar-refractivity contribution in [3.05, 3.63) is 71.8 Å². The lowest BCUT2D eigenvalue weighted by molar-refractivity contribution is -0.253. The average molecular weight is 591 g/mol. The monoisotopic (exact) mass is 590 g/mol.